The number of halogens is 1. The van der Waals surface area contributed by atoms with Gasteiger partial charge in [0.25, 0.3) is 0 Å². The Balaban J connectivity index is 2.79. The van der Waals surface area contributed by atoms with Gasteiger partial charge < -0.3 is 10.2 Å². The second-order valence-electron chi connectivity index (χ2n) is 3.62. The van der Waals surface area contributed by atoms with Crippen LogP contribution >= 0.6 is 11.6 Å². The quantitative estimate of drug-likeness (QED) is 0.843. The summed E-state index contributed by atoms with van der Waals surface area (Å²) in [4.78, 5) is 10.3. The largest absolute Gasteiger partial charge is 0.357 e. The molecule has 0 atom stereocenters. The van der Waals surface area contributed by atoms with Crippen molar-refractivity contribution < 1.29 is 0 Å². The number of nitrogens with zero attached hydrogens (tertiary/aromatic N) is 4. The van der Waals surface area contributed by atoms with Crippen LogP contribution < -0.4 is 10.2 Å². The Kier molecular flexibility index (Phi) is 5.50. The normalized spacial score (nSPS) is 9.76. The van der Waals surface area contributed by atoms with Crippen LogP contribution in [0.15, 0.2) is 6.20 Å². The van der Waals surface area contributed by atoms with Crippen molar-refractivity contribution in [2.75, 3.05) is 30.4 Å². The molecule has 1 aromatic rings. The van der Waals surface area contributed by atoms with Gasteiger partial charge >= 0.3 is 0 Å². The molecule has 0 aliphatic heterocycles. The first-order valence-electron chi connectivity index (χ1n) is 5.53. The molecule has 0 aromatic carbocycles. The van der Waals surface area contributed by atoms with Crippen LogP contribution in [0.3, 0.4) is 0 Å². The molecule has 17 heavy (non-hydrogen) atoms. The number of anilines is 2. The molecule has 5 nitrogen and oxygen atoms in total. The molecule has 92 valence electrons. The Morgan fingerprint density at radius 1 is 1.59 bits per heavy atom. The first-order valence-corrected chi connectivity index (χ1v) is 5.91. The second-order valence-corrected chi connectivity index (χ2v) is 4.03. The number of aromatic nitrogens is 2. The van der Waals surface area contributed by atoms with Crippen LogP contribution in [0.2, 0.25) is 5.02 Å². The summed E-state index contributed by atoms with van der Waals surface area (Å²) in [5, 5.41) is 12.1. The zero-order valence-corrected chi connectivity index (χ0v) is 10.8. The van der Waals surface area contributed by atoms with Crippen molar-refractivity contribution in [1.29, 1.82) is 5.26 Å². The topological polar surface area (TPSA) is 64.8 Å². The van der Waals surface area contributed by atoms with Gasteiger partial charge in [-0.2, -0.15) is 10.2 Å². The van der Waals surface area contributed by atoms with Gasteiger partial charge in [0.1, 0.15) is 5.02 Å². The van der Waals surface area contributed by atoms with E-state index < -0.39 is 0 Å². The lowest BCUT2D eigenvalue weighted by molar-refractivity contribution is 0.875. The molecule has 0 fully saturated rings. The van der Waals surface area contributed by atoms with E-state index in [9.17, 15) is 0 Å². The van der Waals surface area contributed by atoms with Crippen LogP contribution in [-0.4, -0.2) is 30.1 Å². The Hall–Kier alpha value is -1.54. The molecule has 0 aliphatic carbocycles. The van der Waals surface area contributed by atoms with Crippen LogP contribution in [-0.2, 0) is 0 Å². The maximum atomic E-state index is 8.55. The third-order valence-electron chi connectivity index (χ3n) is 2.18. The SMILES string of the molecule is CCCNc1ncc(Cl)c(N(C)CCC#N)n1. The Morgan fingerprint density at radius 2 is 2.35 bits per heavy atom. The van der Waals surface area contributed by atoms with Crippen molar-refractivity contribution in [3.05, 3.63) is 11.2 Å². The smallest absolute Gasteiger partial charge is 0.224 e. The van der Waals surface area contributed by atoms with E-state index in [1.807, 2.05) is 11.9 Å². The van der Waals surface area contributed by atoms with E-state index in [1.165, 1.54) is 0 Å². The van der Waals surface area contributed by atoms with Crippen LogP contribution in [0.4, 0.5) is 11.8 Å². The van der Waals surface area contributed by atoms with Gasteiger partial charge in [0, 0.05) is 20.1 Å². The Bertz CT molecular complexity index is 401. The molecule has 0 saturated carbocycles. The predicted molar refractivity (Wildman–Crippen MR) is 69.3 cm³/mol. The van der Waals surface area contributed by atoms with Crippen LogP contribution in [0.25, 0.3) is 0 Å². The molecule has 0 spiro atoms. The number of hydrogen-bond acceptors (Lipinski definition) is 5. The van der Waals surface area contributed by atoms with E-state index in [4.69, 9.17) is 16.9 Å². The van der Waals surface area contributed by atoms with Gasteiger partial charge in [-0.15, -0.1) is 0 Å². The molecule has 0 radical (unpaired) electrons. The van der Waals surface area contributed by atoms with Crippen molar-refractivity contribution in [2.45, 2.75) is 19.8 Å². The van der Waals surface area contributed by atoms with Gasteiger partial charge in [0.2, 0.25) is 5.95 Å². The van der Waals surface area contributed by atoms with E-state index >= 15 is 0 Å². The molecule has 0 unspecified atom stereocenters. The fraction of sp³-hybridized carbons (Fsp3) is 0.545. The first kappa shape index (κ1) is 13.5. The van der Waals surface area contributed by atoms with E-state index in [0.717, 1.165) is 13.0 Å². The third kappa shape index (κ3) is 4.08. The molecule has 1 N–H and O–H groups in total. The number of hydrogen-bond donors (Lipinski definition) is 1. The summed E-state index contributed by atoms with van der Waals surface area (Å²) in [7, 11) is 1.86. The van der Waals surface area contributed by atoms with Gasteiger partial charge in [0.05, 0.1) is 18.7 Å². The molecule has 1 rings (SSSR count). The van der Waals surface area contributed by atoms with Crippen LogP contribution in [0.5, 0.6) is 0 Å². The van der Waals surface area contributed by atoms with Crippen molar-refractivity contribution in [2.24, 2.45) is 0 Å². The zero-order chi connectivity index (χ0) is 12.7. The minimum absolute atomic E-state index is 0.439. The lowest BCUT2D eigenvalue weighted by atomic mass is 10.4. The van der Waals surface area contributed by atoms with Crippen molar-refractivity contribution in [1.82, 2.24) is 9.97 Å². The standard InChI is InChI=1S/C11H16ClN5/c1-3-6-14-11-15-8-9(12)10(16-11)17(2)7-4-5-13/h8H,3-4,6-7H2,1-2H3,(H,14,15,16). The first-order chi connectivity index (χ1) is 8.19. The van der Waals surface area contributed by atoms with Gasteiger partial charge in [-0.1, -0.05) is 18.5 Å². The molecule has 6 heteroatoms. The van der Waals surface area contributed by atoms with E-state index in [1.54, 1.807) is 6.20 Å². The lowest BCUT2D eigenvalue weighted by Gasteiger charge is -2.18. The number of rotatable bonds is 6. The van der Waals surface area contributed by atoms with Gasteiger partial charge in [0.15, 0.2) is 5.82 Å². The van der Waals surface area contributed by atoms with Crippen LogP contribution in [0.1, 0.15) is 19.8 Å². The molecule has 1 heterocycles. The Labute approximate surface area is 106 Å². The Morgan fingerprint density at radius 3 is 3.00 bits per heavy atom. The average molecular weight is 254 g/mol. The zero-order valence-electron chi connectivity index (χ0n) is 10.1. The molecule has 1 aromatic heterocycles. The molecular weight excluding hydrogens is 238 g/mol. The highest BCUT2D eigenvalue weighted by molar-refractivity contribution is 6.32. The van der Waals surface area contributed by atoms with Gasteiger partial charge in [-0.25, -0.2) is 4.98 Å². The maximum absolute atomic E-state index is 8.55. The summed E-state index contributed by atoms with van der Waals surface area (Å²) in [6.45, 7) is 3.49. The third-order valence-corrected chi connectivity index (χ3v) is 2.45. The summed E-state index contributed by atoms with van der Waals surface area (Å²) < 4.78 is 0. The predicted octanol–water partition coefficient (Wildman–Crippen LogP) is 2.30. The molecule has 0 saturated heterocycles. The van der Waals surface area contributed by atoms with E-state index in [-0.39, 0.29) is 0 Å². The summed E-state index contributed by atoms with van der Waals surface area (Å²) >= 11 is 6.03. The highest BCUT2D eigenvalue weighted by atomic mass is 35.5. The molecule has 0 amide bonds. The minimum Gasteiger partial charge on any atom is -0.357 e. The monoisotopic (exact) mass is 253 g/mol. The van der Waals surface area contributed by atoms with Crippen molar-refractivity contribution >= 4 is 23.4 Å². The average Bonchev–Trinajstić information content (AvgIpc) is 2.35. The molecule has 0 bridgehead atoms. The number of nitriles is 1. The number of nitrogens with one attached hydrogen (secondary N) is 1. The van der Waals surface area contributed by atoms with Gasteiger partial charge in [-0.3, -0.25) is 0 Å². The summed E-state index contributed by atoms with van der Waals surface area (Å²) in [5.74, 6) is 1.21. The summed E-state index contributed by atoms with van der Waals surface area (Å²) in [5.41, 5.74) is 0. The lowest BCUT2D eigenvalue weighted by Crippen LogP contribution is -2.20. The molecule has 0 aliphatic rings. The molecular formula is C11H16ClN5. The summed E-state index contributed by atoms with van der Waals surface area (Å²) in [6.07, 6.45) is 3.02. The summed E-state index contributed by atoms with van der Waals surface area (Å²) in [6, 6.07) is 2.09. The minimum atomic E-state index is 0.439. The highest BCUT2D eigenvalue weighted by Crippen LogP contribution is 2.22. The van der Waals surface area contributed by atoms with Crippen molar-refractivity contribution in [3.8, 4) is 6.07 Å². The van der Waals surface area contributed by atoms with E-state index in [0.29, 0.717) is 29.8 Å². The van der Waals surface area contributed by atoms with Gasteiger partial charge in [-0.05, 0) is 6.42 Å². The van der Waals surface area contributed by atoms with E-state index in [2.05, 4.69) is 28.3 Å². The fourth-order valence-electron chi connectivity index (χ4n) is 1.27. The van der Waals surface area contributed by atoms with Crippen molar-refractivity contribution in [3.63, 3.8) is 0 Å². The van der Waals surface area contributed by atoms with Crippen LogP contribution in [0, 0.1) is 11.3 Å². The second kappa shape index (κ2) is 6.92. The highest BCUT2D eigenvalue weighted by Gasteiger charge is 2.09. The maximum Gasteiger partial charge on any atom is 0.224 e. The fourth-order valence-corrected chi connectivity index (χ4v) is 1.51.